The standard InChI is InChI=1S/C11H23N3O2/c12-4-9-16-10-11(15)13-5-8-14-6-2-1-3-7-14/h1-10,12H2,(H,13,15). The fourth-order valence-electron chi connectivity index (χ4n) is 1.84. The van der Waals surface area contributed by atoms with E-state index in [1.54, 1.807) is 0 Å². The average Bonchev–Trinajstić information content (AvgIpc) is 2.31. The second kappa shape index (κ2) is 8.50. The molecular formula is C11H23N3O2. The van der Waals surface area contributed by atoms with Crippen LogP contribution < -0.4 is 11.1 Å². The Morgan fingerprint density at radius 1 is 1.31 bits per heavy atom. The zero-order valence-electron chi connectivity index (χ0n) is 9.91. The minimum Gasteiger partial charge on any atom is -0.370 e. The predicted octanol–water partition coefficient (Wildman–Crippen LogP) is -0.436. The van der Waals surface area contributed by atoms with Gasteiger partial charge in [0.25, 0.3) is 0 Å². The van der Waals surface area contributed by atoms with Gasteiger partial charge in [-0.1, -0.05) is 6.42 Å². The van der Waals surface area contributed by atoms with Gasteiger partial charge in [0.2, 0.25) is 5.91 Å². The SMILES string of the molecule is NCCOCC(=O)NCCN1CCCCC1. The summed E-state index contributed by atoms with van der Waals surface area (Å²) in [5, 5.41) is 2.84. The molecule has 0 spiro atoms. The molecule has 5 heteroatoms. The quantitative estimate of drug-likeness (QED) is 0.581. The molecule has 94 valence electrons. The predicted molar refractivity (Wildman–Crippen MR) is 63.2 cm³/mol. The maximum Gasteiger partial charge on any atom is 0.246 e. The lowest BCUT2D eigenvalue weighted by molar-refractivity contribution is -0.125. The number of hydrogen-bond acceptors (Lipinski definition) is 4. The molecule has 16 heavy (non-hydrogen) atoms. The molecule has 1 heterocycles. The lowest BCUT2D eigenvalue weighted by Crippen LogP contribution is -2.38. The Morgan fingerprint density at radius 2 is 2.06 bits per heavy atom. The van der Waals surface area contributed by atoms with E-state index in [4.69, 9.17) is 10.5 Å². The Bertz CT molecular complexity index is 194. The van der Waals surface area contributed by atoms with Crippen molar-refractivity contribution in [2.75, 3.05) is 45.9 Å². The summed E-state index contributed by atoms with van der Waals surface area (Å²) in [5.41, 5.74) is 5.25. The molecule has 0 saturated carbocycles. The maximum atomic E-state index is 11.3. The fourth-order valence-corrected chi connectivity index (χ4v) is 1.84. The molecule has 0 aliphatic carbocycles. The number of carbonyl (C=O) groups is 1. The Hall–Kier alpha value is -0.650. The molecule has 1 saturated heterocycles. The van der Waals surface area contributed by atoms with Crippen molar-refractivity contribution in [2.45, 2.75) is 19.3 Å². The number of nitrogens with zero attached hydrogens (tertiary/aromatic N) is 1. The molecule has 1 aliphatic rings. The highest BCUT2D eigenvalue weighted by molar-refractivity contribution is 5.77. The second-order valence-electron chi connectivity index (χ2n) is 4.09. The van der Waals surface area contributed by atoms with Gasteiger partial charge in [0, 0.05) is 19.6 Å². The minimum atomic E-state index is -0.0505. The first-order valence-electron chi connectivity index (χ1n) is 6.10. The van der Waals surface area contributed by atoms with Crippen molar-refractivity contribution in [1.82, 2.24) is 10.2 Å². The molecule has 5 nitrogen and oxygen atoms in total. The van der Waals surface area contributed by atoms with Crippen LogP contribution in [0, 0.1) is 0 Å². The lowest BCUT2D eigenvalue weighted by atomic mass is 10.1. The number of ether oxygens (including phenoxy) is 1. The summed E-state index contributed by atoms with van der Waals surface area (Å²) in [6.45, 7) is 5.02. The highest BCUT2D eigenvalue weighted by atomic mass is 16.5. The van der Waals surface area contributed by atoms with Gasteiger partial charge in [-0.05, 0) is 25.9 Å². The highest BCUT2D eigenvalue weighted by Crippen LogP contribution is 2.07. The summed E-state index contributed by atoms with van der Waals surface area (Å²) in [5.74, 6) is -0.0505. The zero-order chi connectivity index (χ0) is 11.6. The number of nitrogens with two attached hydrogens (primary N) is 1. The summed E-state index contributed by atoms with van der Waals surface area (Å²) < 4.78 is 5.04. The van der Waals surface area contributed by atoms with Gasteiger partial charge in [-0.25, -0.2) is 0 Å². The van der Waals surface area contributed by atoms with Crippen molar-refractivity contribution in [3.63, 3.8) is 0 Å². The Morgan fingerprint density at radius 3 is 2.75 bits per heavy atom. The van der Waals surface area contributed by atoms with E-state index in [0.717, 1.165) is 6.54 Å². The van der Waals surface area contributed by atoms with Crippen molar-refractivity contribution in [3.05, 3.63) is 0 Å². The van der Waals surface area contributed by atoms with Crippen LogP contribution in [0.4, 0.5) is 0 Å². The Labute approximate surface area is 97.3 Å². The first-order chi connectivity index (χ1) is 7.83. The third kappa shape index (κ3) is 6.05. The van der Waals surface area contributed by atoms with Gasteiger partial charge < -0.3 is 20.7 Å². The van der Waals surface area contributed by atoms with Crippen LogP contribution in [0.15, 0.2) is 0 Å². The van der Waals surface area contributed by atoms with E-state index in [-0.39, 0.29) is 12.5 Å². The lowest BCUT2D eigenvalue weighted by Gasteiger charge is -2.26. The van der Waals surface area contributed by atoms with Crippen molar-refractivity contribution in [3.8, 4) is 0 Å². The van der Waals surface area contributed by atoms with Crippen LogP contribution >= 0.6 is 0 Å². The van der Waals surface area contributed by atoms with E-state index in [9.17, 15) is 4.79 Å². The number of hydrogen-bond donors (Lipinski definition) is 2. The number of piperidine rings is 1. The van der Waals surface area contributed by atoms with E-state index in [1.807, 2.05) is 0 Å². The van der Waals surface area contributed by atoms with E-state index < -0.39 is 0 Å². The van der Waals surface area contributed by atoms with Gasteiger partial charge in [0.05, 0.1) is 6.61 Å². The van der Waals surface area contributed by atoms with Crippen LogP contribution in [0.25, 0.3) is 0 Å². The smallest absolute Gasteiger partial charge is 0.246 e. The fraction of sp³-hybridized carbons (Fsp3) is 0.909. The Kier molecular flexibility index (Phi) is 7.12. The van der Waals surface area contributed by atoms with Crippen LogP contribution in [-0.4, -0.2) is 56.7 Å². The Balaban J connectivity index is 1.94. The van der Waals surface area contributed by atoms with E-state index in [2.05, 4.69) is 10.2 Å². The monoisotopic (exact) mass is 229 g/mol. The molecule has 0 unspecified atom stereocenters. The third-order valence-electron chi connectivity index (χ3n) is 2.69. The van der Waals surface area contributed by atoms with E-state index in [0.29, 0.717) is 19.7 Å². The van der Waals surface area contributed by atoms with Crippen molar-refractivity contribution >= 4 is 5.91 Å². The van der Waals surface area contributed by atoms with Crippen molar-refractivity contribution < 1.29 is 9.53 Å². The van der Waals surface area contributed by atoms with Gasteiger partial charge >= 0.3 is 0 Å². The molecule has 1 aliphatic heterocycles. The maximum absolute atomic E-state index is 11.3. The number of rotatable bonds is 7. The normalized spacial score (nSPS) is 17.3. The molecule has 0 atom stereocenters. The van der Waals surface area contributed by atoms with Crippen molar-refractivity contribution in [1.29, 1.82) is 0 Å². The number of nitrogens with one attached hydrogen (secondary N) is 1. The molecule has 0 radical (unpaired) electrons. The van der Waals surface area contributed by atoms with Crippen LogP contribution in [-0.2, 0) is 9.53 Å². The number of carbonyl (C=O) groups excluding carboxylic acids is 1. The molecule has 0 aromatic carbocycles. The van der Waals surface area contributed by atoms with Crippen LogP contribution in [0.5, 0.6) is 0 Å². The second-order valence-corrected chi connectivity index (χ2v) is 4.09. The molecule has 0 aromatic rings. The molecule has 1 rings (SSSR count). The highest BCUT2D eigenvalue weighted by Gasteiger charge is 2.09. The topological polar surface area (TPSA) is 67.6 Å². The molecule has 0 bridgehead atoms. The van der Waals surface area contributed by atoms with E-state index in [1.165, 1.54) is 32.4 Å². The van der Waals surface area contributed by atoms with Crippen molar-refractivity contribution in [2.24, 2.45) is 5.73 Å². The van der Waals surface area contributed by atoms with Gasteiger partial charge in [-0.15, -0.1) is 0 Å². The van der Waals surface area contributed by atoms with Crippen LogP contribution in [0.1, 0.15) is 19.3 Å². The van der Waals surface area contributed by atoms with Gasteiger partial charge in [-0.2, -0.15) is 0 Å². The molecule has 1 fully saturated rings. The third-order valence-corrected chi connectivity index (χ3v) is 2.69. The summed E-state index contributed by atoms with van der Waals surface area (Å²) in [7, 11) is 0. The summed E-state index contributed by atoms with van der Waals surface area (Å²) >= 11 is 0. The zero-order valence-corrected chi connectivity index (χ0v) is 9.91. The molecular weight excluding hydrogens is 206 g/mol. The molecule has 3 N–H and O–H groups in total. The van der Waals surface area contributed by atoms with Gasteiger partial charge in [0.1, 0.15) is 6.61 Å². The number of amides is 1. The minimum absolute atomic E-state index is 0.0505. The molecule has 0 aromatic heterocycles. The summed E-state index contributed by atoms with van der Waals surface area (Å²) in [6.07, 6.45) is 3.91. The first kappa shape index (κ1) is 13.4. The summed E-state index contributed by atoms with van der Waals surface area (Å²) in [6, 6.07) is 0. The van der Waals surface area contributed by atoms with Gasteiger partial charge in [-0.3, -0.25) is 4.79 Å². The average molecular weight is 229 g/mol. The largest absolute Gasteiger partial charge is 0.370 e. The van der Waals surface area contributed by atoms with E-state index >= 15 is 0 Å². The van der Waals surface area contributed by atoms with Crippen LogP contribution in [0.3, 0.4) is 0 Å². The van der Waals surface area contributed by atoms with Crippen LogP contribution in [0.2, 0.25) is 0 Å². The molecule has 1 amide bonds. The number of likely N-dealkylation sites (tertiary alicyclic amines) is 1. The summed E-state index contributed by atoms with van der Waals surface area (Å²) in [4.78, 5) is 13.7. The van der Waals surface area contributed by atoms with Gasteiger partial charge in [0.15, 0.2) is 0 Å². The first-order valence-corrected chi connectivity index (χ1v) is 6.10.